The van der Waals surface area contributed by atoms with Gasteiger partial charge in [0.15, 0.2) is 0 Å². The molecule has 2 heterocycles. The highest BCUT2D eigenvalue weighted by Crippen LogP contribution is 2.89. The van der Waals surface area contributed by atoms with Crippen molar-refractivity contribution in [2.24, 2.45) is 50.7 Å². The second-order valence-corrected chi connectivity index (χ2v) is 15.3. The minimum Gasteiger partial charge on any atom is -0.393 e. The van der Waals surface area contributed by atoms with Crippen LogP contribution in [-0.4, -0.2) is 60.4 Å². The molecule has 0 radical (unpaired) electrons. The highest BCUT2D eigenvalue weighted by atomic mass is 16.5. The van der Waals surface area contributed by atoms with Crippen molar-refractivity contribution in [3.05, 3.63) is 0 Å². The molecule has 0 aromatic rings. The number of hydrogen-bond donors (Lipinski definition) is 3. The Morgan fingerprint density at radius 2 is 1.63 bits per heavy atom. The summed E-state index contributed by atoms with van der Waals surface area (Å²) >= 11 is 0. The van der Waals surface area contributed by atoms with Gasteiger partial charge < -0.3 is 25.0 Å². The first-order valence-electron chi connectivity index (χ1n) is 14.8. The van der Waals surface area contributed by atoms with Crippen molar-refractivity contribution in [2.75, 3.05) is 19.8 Å². The van der Waals surface area contributed by atoms with Crippen molar-refractivity contribution in [1.82, 2.24) is 5.32 Å². The lowest BCUT2D eigenvalue weighted by molar-refractivity contribution is -0.182. The number of hydrogen-bond acceptors (Lipinski definition) is 5. The van der Waals surface area contributed by atoms with Crippen LogP contribution in [0.1, 0.15) is 86.0 Å². The molecule has 0 aromatic heterocycles. The SMILES string of the molecule is C[C@@H]1C[C@H](CNC2COC2)O[C@H]2[C@H]1[C@@]1(C)CC[C@@]34C[C@@]35CC[C@H](O)C(C)(C)C5CCC4[C@]1(C)[C@H]2O. The van der Waals surface area contributed by atoms with E-state index >= 15 is 0 Å². The maximum absolute atomic E-state index is 12.2. The highest BCUT2D eigenvalue weighted by Gasteiger charge is 2.84. The summed E-state index contributed by atoms with van der Waals surface area (Å²) in [5.41, 5.74) is 0.839. The molecule has 0 aromatic carbocycles. The summed E-state index contributed by atoms with van der Waals surface area (Å²) in [6.07, 6.45) is 9.17. The van der Waals surface area contributed by atoms with Gasteiger partial charge in [0.2, 0.25) is 0 Å². The predicted octanol–water partition coefficient (Wildman–Crippen LogP) is 4.15. The number of nitrogens with one attached hydrogen (secondary N) is 1. The van der Waals surface area contributed by atoms with Gasteiger partial charge in [-0.15, -0.1) is 0 Å². The van der Waals surface area contributed by atoms with Crippen LogP contribution in [0.15, 0.2) is 0 Å². The van der Waals surface area contributed by atoms with Crippen LogP contribution in [0.4, 0.5) is 0 Å². The number of rotatable bonds is 3. The Labute approximate surface area is 212 Å². The van der Waals surface area contributed by atoms with Crippen molar-refractivity contribution in [3.63, 3.8) is 0 Å². The van der Waals surface area contributed by atoms with E-state index in [2.05, 4.69) is 39.9 Å². The van der Waals surface area contributed by atoms with Crippen molar-refractivity contribution in [3.8, 4) is 0 Å². The van der Waals surface area contributed by atoms with Crippen LogP contribution in [0.3, 0.4) is 0 Å². The summed E-state index contributed by atoms with van der Waals surface area (Å²) in [7, 11) is 0. The lowest BCUT2D eigenvalue weighted by atomic mass is 9.41. The van der Waals surface area contributed by atoms with E-state index in [0.29, 0.717) is 40.5 Å². The van der Waals surface area contributed by atoms with Gasteiger partial charge in [0.25, 0.3) is 0 Å². The molecule has 7 rings (SSSR count). The Morgan fingerprint density at radius 1 is 0.914 bits per heavy atom. The molecule has 35 heavy (non-hydrogen) atoms. The molecule has 2 spiro atoms. The van der Waals surface area contributed by atoms with E-state index in [0.717, 1.165) is 32.6 Å². The smallest absolute Gasteiger partial charge is 0.0880 e. The minimum absolute atomic E-state index is 0.0139. The summed E-state index contributed by atoms with van der Waals surface area (Å²) in [5.74, 6) is 2.23. The molecule has 3 N–H and O–H groups in total. The molecule has 0 amide bonds. The molecule has 2 aliphatic heterocycles. The first kappa shape index (κ1) is 23.9. The Hall–Kier alpha value is -0.200. The van der Waals surface area contributed by atoms with E-state index in [-0.39, 0.29) is 40.7 Å². The molecule has 5 aliphatic carbocycles. The Balaban J connectivity index is 1.19. The number of fused-ring (bicyclic) bond motifs is 4. The number of aliphatic hydroxyl groups is 2. The lowest BCUT2D eigenvalue weighted by Crippen LogP contribution is -2.59. The van der Waals surface area contributed by atoms with Crippen molar-refractivity contribution >= 4 is 0 Å². The largest absolute Gasteiger partial charge is 0.393 e. The normalized spacial score (nSPS) is 60.4. The van der Waals surface area contributed by atoms with Crippen LogP contribution >= 0.6 is 0 Å². The molecular weight excluding hydrogens is 438 g/mol. The second-order valence-electron chi connectivity index (χ2n) is 15.3. The van der Waals surface area contributed by atoms with E-state index in [9.17, 15) is 10.2 Å². The quantitative estimate of drug-likeness (QED) is 0.558. The third-order valence-electron chi connectivity index (χ3n) is 14.1. The summed E-state index contributed by atoms with van der Waals surface area (Å²) < 4.78 is 12.2. The molecule has 5 heteroatoms. The zero-order valence-corrected chi connectivity index (χ0v) is 22.7. The molecule has 2 unspecified atom stereocenters. The molecule has 0 bridgehead atoms. The van der Waals surface area contributed by atoms with E-state index in [1.54, 1.807) is 0 Å². The van der Waals surface area contributed by atoms with Crippen molar-refractivity contribution in [1.29, 1.82) is 0 Å². The second kappa shape index (κ2) is 7.25. The Morgan fingerprint density at radius 3 is 2.34 bits per heavy atom. The van der Waals surface area contributed by atoms with Gasteiger partial charge in [-0.05, 0) is 96.7 Å². The van der Waals surface area contributed by atoms with Crippen LogP contribution < -0.4 is 5.32 Å². The molecule has 2 saturated heterocycles. The third kappa shape index (κ3) is 2.69. The van der Waals surface area contributed by atoms with Crippen LogP contribution in [0.25, 0.3) is 0 Å². The highest BCUT2D eigenvalue weighted by molar-refractivity contribution is 5.32. The van der Waals surface area contributed by atoms with Crippen molar-refractivity contribution in [2.45, 2.75) is 116 Å². The van der Waals surface area contributed by atoms with Gasteiger partial charge >= 0.3 is 0 Å². The third-order valence-corrected chi connectivity index (χ3v) is 14.1. The fourth-order valence-corrected chi connectivity index (χ4v) is 12.2. The van der Waals surface area contributed by atoms with Gasteiger partial charge in [0.05, 0.1) is 43.7 Å². The van der Waals surface area contributed by atoms with Crippen molar-refractivity contribution < 1.29 is 19.7 Å². The minimum atomic E-state index is -0.381. The maximum atomic E-state index is 12.2. The molecule has 12 atom stereocenters. The lowest BCUT2D eigenvalue weighted by Gasteiger charge is -2.63. The number of ether oxygens (including phenoxy) is 2. The zero-order chi connectivity index (χ0) is 24.6. The van der Waals surface area contributed by atoms with Crippen LogP contribution in [-0.2, 0) is 9.47 Å². The summed E-state index contributed by atoms with van der Waals surface area (Å²) in [6, 6.07) is 0.470. The van der Waals surface area contributed by atoms with Gasteiger partial charge in [-0.25, -0.2) is 0 Å². The fraction of sp³-hybridized carbons (Fsp3) is 1.00. The molecule has 5 nitrogen and oxygen atoms in total. The van der Waals surface area contributed by atoms with Gasteiger partial charge in [0, 0.05) is 12.0 Å². The number of aliphatic hydroxyl groups excluding tert-OH is 2. The predicted molar refractivity (Wildman–Crippen MR) is 135 cm³/mol. The first-order chi connectivity index (χ1) is 16.5. The van der Waals surface area contributed by atoms with E-state index < -0.39 is 0 Å². The average molecular weight is 488 g/mol. The Bertz CT molecular complexity index is 890. The van der Waals surface area contributed by atoms with Crippen LogP contribution in [0, 0.1) is 50.7 Å². The molecular formula is C30H49NO4. The molecule has 198 valence electrons. The monoisotopic (exact) mass is 487 g/mol. The van der Waals surface area contributed by atoms with Gasteiger partial charge in [-0.1, -0.05) is 34.6 Å². The van der Waals surface area contributed by atoms with E-state index in [1.165, 1.54) is 38.5 Å². The van der Waals surface area contributed by atoms with E-state index in [4.69, 9.17) is 9.47 Å². The van der Waals surface area contributed by atoms with Gasteiger partial charge in [0.1, 0.15) is 0 Å². The van der Waals surface area contributed by atoms with Crippen LogP contribution in [0.5, 0.6) is 0 Å². The standard InChI is InChI=1S/C30H49NO4/c1-17-12-19(13-31-18-14-34-15-18)35-24-23(17)27(4)10-11-30-16-29(30)9-8-22(32)26(2,3)20(29)6-7-21(30)28(27,5)25(24)33/h17-25,31-33H,6-16H2,1-5H3/t17-,19-,20?,21?,22+,23+,24+,25+,27-,28-,29-,30+/m1/s1. The first-order valence-corrected chi connectivity index (χ1v) is 14.8. The molecule has 7 fully saturated rings. The van der Waals surface area contributed by atoms with Crippen LogP contribution in [0.2, 0.25) is 0 Å². The summed E-state index contributed by atoms with van der Waals surface area (Å²) in [6.45, 7) is 14.6. The van der Waals surface area contributed by atoms with Gasteiger partial charge in [-0.3, -0.25) is 0 Å². The van der Waals surface area contributed by atoms with E-state index in [1.807, 2.05) is 0 Å². The molecule has 7 aliphatic rings. The van der Waals surface area contributed by atoms with Gasteiger partial charge in [-0.2, -0.15) is 0 Å². The topological polar surface area (TPSA) is 71.0 Å². The fourth-order valence-electron chi connectivity index (χ4n) is 12.2. The molecule has 5 saturated carbocycles. The maximum Gasteiger partial charge on any atom is 0.0880 e. The summed E-state index contributed by atoms with van der Waals surface area (Å²) in [5, 5.41) is 26.8. The average Bonchev–Trinajstić information content (AvgIpc) is 3.41. The summed E-state index contributed by atoms with van der Waals surface area (Å²) in [4.78, 5) is 0. The Kier molecular flexibility index (Phi) is 4.95. The zero-order valence-electron chi connectivity index (χ0n) is 22.7.